The molecule has 0 spiro atoms. The van der Waals surface area contributed by atoms with Gasteiger partial charge in [-0.15, -0.1) is 0 Å². The predicted octanol–water partition coefficient (Wildman–Crippen LogP) is 5.94. The van der Waals surface area contributed by atoms with Crippen molar-refractivity contribution in [3.8, 4) is 11.3 Å². The molecule has 146 valence electrons. The van der Waals surface area contributed by atoms with Gasteiger partial charge in [0, 0.05) is 23.6 Å². The molecule has 0 atom stereocenters. The fraction of sp³-hybridized carbons (Fsp3) is 0.167. The molecule has 0 fully saturated rings. The van der Waals surface area contributed by atoms with Crippen LogP contribution in [0.5, 0.6) is 0 Å². The first-order valence-electron chi connectivity index (χ1n) is 9.62. The summed E-state index contributed by atoms with van der Waals surface area (Å²) >= 11 is 0. The number of carbonyl (C=O) groups excluding carboxylic acids is 1. The summed E-state index contributed by atoms with van der Waals surface area (Å²) in [5.74, 6) is 0. The standard InChI is InChI=1S/C24H24N4O/c1-24(2,3)17-11-13-18(14-12-17)25-23(29)27-20-9-5-4-8-19(20)21-16-28-15-7-6-10-22(28)26-21/h4-16H,1-3H3,(H2,25,27,29). The number of imidazole rings is 1. The number of anilines is 2. The van der Waals surface area contributed by atoms with Crippen molar-refractivity contribution >= 4 is 23.1 Å². The van der Waals surface area contributed by atoms with E-state index in [9.17, 15) is 4.79 Å². The van der Waals surface area contributed by atoms with Gasteiger partial charge in [-0.3, -0.25) is 0 Å². The van der Waals surface area contributed by atoms with Crippen LogP contribution in [0.15, 0.2) is 79.1 Å². The summed E-state index contributed by atoms with van der Waals surface area (Å²) in [5.41, 5.74) is 5.30. The van der Waals surface area contributed by atoms with Gasteiger partial charge in [-0.25, -0.2) is 9.78 Å². The number of nitrogens with one attached hydrogen (secondary N) is 2. The van der Waals surface area contributed by atoms with E-state index >= 15 is 0 Å². The number of urea groups is 1. The lowest BCUT2D eigenvalue weighted by molar-refractivity contribution is 0.262. The lowest BCUT2D eigenvalue weighted by atomic mass is 9.87. The van der Waals surface area contributed by atoms with Crippen LogP contribution in [0.2, 0.25) is 0 Å². The number of benzene rings is 2. The summed E-state index contributed by atoms with van der Waals surface area (Å²) in [4.78, 5) is 17.2. The summed E-state index contributed by atoms with van der Waals surface area (Å²) in [5, 5.41) is 5.85. The van der Waals surface area contributed by atoms with Gasteiger partial charge in [0.05, 0.1) is 11.4 Å². The molecule has 2 N–H and O–H groups in total. The summed E-state index contributed by atoms with van der Waals surface area (Å²) in [6, 6.07) is 21.2. The Morgan fingerprint density at radius 2 is 1.62 bits per heavy atom. The number of nitrogens with zero attached hydrogens (tertiary/aromatic N) is 2. The molecule has 0 aliphatic rings. The van der Waals surface area contributed by atoms with Crippen LogP contribution in [0.4, 0.5) is 16.2 Å². The highest BCUT2D eigenvalue weighted by molar-refractivity contribution is 6.02. The molecule has 0 aliphatic carbocycles. The van der Waals surface area contributed by atoms with Gasteiger partial charge in [-0.2, -0.15) is 0 Å². The van der Waals surface area contributed by atoms with E-state index in [1.54, 1.807) is 0 Å². The minimum absolute atomic E-state index is 0.0772. The predicted molar refractivity (Wildman–Crippen MR) is 118 cm³/mol. The van der Waals surface area contributed by atoms with Crippen LogP contribution < -0.4 is 10.6 Å². The number of fused-ring (bicyclic) bond motifs is 1. The molecule has 0 aliphatic heterocycles. The van der Waals surface area contributed by atoms with Crippen LogP contribution in [-0.2, 0) is 5.41 Å². The van der Waals surface area contributed by atoms with Crippen molar-refractivity contribution in [3.63, 3.8) is 0 Å². The van der Waals surface area contributed by atoms with Crippen LogP contribution in [0.1, 0.15) is 26.3 Å². The van der Waals surface area contributed by atoms with Gasteiger partial charge >= 0.3 is 6.03 Å². The maximum atomic E-state index is 12.6. The van der Waals surface area contributed by atoms with Crippen molar-refractivity contribution in [3.05, 3.63) is 84.7 Å². The highest BCUT2D eigenvalue weighted by Gasteiger charge is 2.14. The third kappa shape index (κ3) is 4.14. The fourth-order valence-electron chi connectivity index (χ4n) is 3.22. The molecular weight excluding hydrogens is 360 g/mol. The molecule has 0 saturated heterocycles. The Bertz CT molecular complexity index is 1120. The van der Waals surface area contributed by atoms with E-state index in [4.69, 9.17) is 0 Å². The molecule has 2 heterocycles. The number of rotatable bonds is 3. The maximum Gasteiger partial charge on any atom is 0.323 e. The van der Waals surface area contributed by atoms with Gasteiger partial charge in [0.2, 0.25) is 0 Å². The lowest BCUT2D eigenvalue weighted by Crippen LogP contribution is -2.20. The average molecular weight is 384 g/mol. The second-order valence-corrected chi connectivity index (χ2v) is 8.04. The highest BCUT2D eigenvalue weighted by atomic mass is 16.2. The number of carbonyl (C=O) groups is 1. The van der Waals surface area contributed by atoms with Crippen molar-refractivity contribution in [1.82, 2.24) is 9.38 Å². The van der Waals surface area contributed by atoms with E-state index in [0.717, 1.165) is 22.6 Å². The topological polar surface area (TPSA) is 58.4 Å². The van der Waals surface area contributed by atoms with E-state index in [0.29, 0.717) is 5.69 Å². The van der Waals surface area contributed by atoms with Crippen LogP contribution >= 0.6 is 0 Å². The SMILES string of the molecule is CC(C)(C)c1ccc(NC(=O)Nc2ccccc2-c2cn3ccccc3n2)cc1. The van der Waals surface area contributed by atoms with E-state index < -0.39 is 0 Å². The fourth-order valence-corrected chi connectivity index (χ4v) is 3.22. The smallest absolute Gasteiger partial charge is 0.308 e. The quantitative estimate of drug-likeness (QED) is 0.459. The Balaban J connectivity index is 1.53. The van der Waals surface area contributed by atoms with E-state index in [1.807, 2.05) is 83.5 Å². The number of hydrogen-bond acceptors (Lipinski definition) is 2. The molecule has 5 heteroatoms. The number of amides is 2. The van der Waals surface area contributed by atoms with Crippen LogP contribution in [0, 0.1) is 0 Å². The van der Waals surface area contributed by atoms with Crippen LogP contribution in [-0.4, -0.2) is 15.4 Å². The Morgan fingerprint density at radius 3 is 2.34 bits per heavy atom. The number of para-hydroxylation sites is 1. The monoisotopic (exact) mass is 384 g/mol. The number of pyridine rings is 1. The van der Waals surface area contributed by atoms with Gasteiger partial charge in [0.15, 0.2) is 0 Å². The minimum Gasteiger partial charge on any atom is -0.308 e. The second kappa shape index (κ2) is 7.43. The van der Waals surface area contributed by atoms with Crippen molar-refractivity contribution in [2.45, 2.75) is 26.2 Å². The highest BCUT2D eigenvalue weighted by Crippen LogP contribution is 2.28. The van der Waals surface area contributed by atoms with Crippen LogP contribution in [0.25, 0.3) is 16.9 Å². The maximum absolute atomic E-state index is 12.6. The largest absolute Gasteiger partial charge is 0.323 e. The number of hydrogen-bond donors (Lipinski definition) is 2. The summed E-state index contributed by atoms with van der Waals surface area (Å²) in [6.07, 6.45) is 3.91. The first kappa shape index (κ1) is 18.7. The molecular formula is C24H24N4O. The van der Waals surface area contributed by atoms with E-state index in [1.165, 1.54) is 5.56 Å². The second-order valence-electron chi connectivity index (χ2n) is 8.04. The first-order chi connectivity index (χ1) is 13.9. The Morgan fingerprint density at radius 1 is 0.897 bits per heavy atom. The van der Waals surface area contributed by atoms with Crippen LogP contribution in [0.3, 0.4) is 0 Å². The summed E-state index contributed by atoms with van der Waals surface area (Å²) < 4.78 is 1.96. The molecule has 4 rings (SSSR count). The first-order valence-corrected chi connectivity index (χ1v) is 9.62. The molecule has 0 unspecified atom stereocenters. The zero-order chi connectivity index (χ0) is 20.4. The molecule has 29 heavy (non-hydrogen) atoms. The lowest BCUT2D eigenvalue weighted by Gasteiger charge is -2.19. The van der Waals surface area contributed by atoms with E-state index in [2.05, 4.69) is 36.4 Å². The third-order valence-corrected chi connectivity index (χ3v) is 4.82. The zero-order valence-corrected chi connectivity index (χ0v) is 16.8. The molecule has 5 nitrogen and oxygen atoms in total. The normalized spacial score (nSPS) is 11.4. The van der Waals surface area contributed by atoms with Crippen molar-refractivity contribution in [2.75, 3.05) is 10.6 Å². The molecule has 2 aromatic heterocycles. The number of aromatic nitrogens is 2. The van der Waals surface area contributed by atoms with Gasteiger partial charge < -0.3 is 15.0 Å². The Labute approximate surface area is 170 Å². The van der Waals surface area contributed by atoms with Gasteiger partial charge in [0.1, 0.15) is 5.65 Å². The van der Waals surface area contributed by atoms with Gasteiger partial charge in [0.25, 0.3) is 0 Å². The van der Waals surface area contributed by atoms with Crippen molar-refractivity contribution in [2.24, 2.45) is 0 Å². The Kier molecular flexibility index (Phi) is 4.80. The minimum atomic E-state index is -0.287. The molecule has 2 amide bonds. The van der Waals surface area contributed by atoms with Crippen molar-refractivity contribution in [1.29, 1.82) is 0 Å². The summed E-state index contributed by atoms with van der Waals surface area (Å²) in [6.45, 7) is 6.50. The zero-order valence-electron chi connectivity index (χ0n) is 16.8. The third-order valence-electron chi connectivity index (χ3n) is 4.82. The summed E-state index contributed by atoms with van der Waals surface area (Å²) in [7, 11) is 0. The van der Waals surface area contributed by atoms with Crippen molar-refractivity contribution < 1.29 is 4.79 Å². The molecule has 4 aromatic rings. The average Bonchev–Trinajstić information content (AvgIpc) is 3.12. The molecule has 0 bridgehead atoms. The van der Waals surface area contributed by atoms with Gasteiger partial charge in [-0.1, -0.05) is 57.2 Å². The van der Waals surface area contributed by atoms with Gasteiger partial charge in [-0.05, 0) is 41.3 Å². The molecule has 0 radical (unpaired) electrons. The van der Waals surface area contributed by atoms with E-state index in [-0.39, 0.29) is 11.4 Å². The molecule has 2 aromatic carbocycles. The molecule has 0 saturated carbocycles. The Hall–Kier alpha value is -3.60.